The van der Waals surface area contributed by atoms with Gasteiger partial charge in [0, 0.05) is 12.8 Å². The van der Waals surface area contributed by atoms with E-state index in [1.807, 2.05) is 6.08 Å². The minimum absolute atomic E-state index is 0.132. The van der Waals surface area contributed by atoms with Crippen LogP contribution in [0.3, 0.4) is 0 Å². The van der Waals surface area contributed by atoms with Gasteiger partial charge < -0.3 is 64.2 Å². The lowest BCUT2D eigenvalue weighted by atomic mass is 9.98. The van der Waals surface area contributed by atoms with Crippen molar-refractivity contribution < 1.29 is 73.8 Å². The summed E-state index contributed by atoms with van der Waals surface area (Å²) in [6.45, 7) is 2.49. The number of esters is 2. The molecule has 0 aromatic rings. The highest BCUT2D eigenvalue weighted by Gasteiger charge is 2.47. The SMILES string of the molecule is CCCC/C=C/C/C=C/CCCCCCCC(=O)O[C@H](COC(=O)CC/C=C/CCCCCCCCCCCCC)CO[C@@H]1O[C@H](CO[C@@H]2O[C@H](CO)[C@H](O)C(O)C2O)[C@H](O)C(O)C1O. The van der Waals surface area contributed by atoms with Gasteiger partial charge in [0.1, 0.15) is 55.4 Å². The van der Waals surface area contributed by atoms with Crippen molar-refractivity contribution in [3.05, 3.63) is 36.5 Å². The van der Waals surface area contributed by atoms with Gasteiger partial charge in [-0.25, -0.2) is 0 Å². The number of allylic oxidation sites excluding steroid dienone is 6. The predicted octanol–water partition coefficient (Wildman–Crippen LogP) is 6.54. The molecular weight excluding hydrogens is 841 g/mol. The van der Waals surface area contributed by atoms with Crippen LogP contribution in [0.1, 0.15) is 174 Å². The average molecular weight is 929 g/mol. The van der Waals surface area contributed by atoms with Crippen LogP contribution in [-0.2, 0) is 38.0 Å². The zero-order valence-corrected chi connectivity index (χ0v) is 39.7. The van der Waals surface area contributed by atoms with Crippen molar-refractivity contribution in [1.29, 1.82) is 0 Å². The number of rotatable bonds is 38. The highest BCUT2D eigenvalue weighted by molar-refractivity contribution is 5.70. The Labute approximate surface area is 389 Å². The van der Waals surface area contributed by atoms with Gasteiger partial charge in [-0.15, -0.1) is 0 Å². The highest BCUT2D eigenvalue weighted by Crippen LogP contribution is 2.26. The monoisotopic (exact) mass is 929 g/mol. The van der Waals surface area contributed by atoms with E-state index in [1.54, 1.807) is 0 Å². The zero-order chi connectivity index (χ0) is 47.5. The third-order valence-corrected chi connectivity index (χ3v) is 11.9. The molecule has 0 aromatic heterocycles. The number of aliphatic hydroxyl groups is 7. The molecule has 0 amide bonds. The molecule has 0 saturated carbocycles. The molecular formula is C50H88O15. The van der Waals surface area contributed by atoms with E-state index in [-0.39, 0.29) is 19.4 Å². The first-order valence-electron chi connectivity index (χ1n) is 25.1. The number of hydrogen-bond acceptors (Lipinski definition) is 15. The molecule has 2 aliphatic heterocycles. The minimum atomic E-state index is -1.77. The standard InChI is InChI=1S/C50H88O15/c1-3-5-7-9-11-13-15-17-19-21-22-24-26-28-30-32-41(52)60-35-38(63-42(53)33-31-29-27-25-23-20-18-16-14-12-10-8-6-4-2)36-61-49-48(59)46(57)44(55)40(65-49)37-62-50-47(58)45(56)43(54)39(34-51)64-50/h10,12,16,18,26,28,38-40,43-51,54-59H,3-9,11,13-15,17,19-25,27,29-37H2,1-2H3/b12-10+,18-16+,28-26+/t38-,39-,40-,43+,44+,45?,46?,47?,48?,49-,50-/m1/s1. The zero-order valence-electron chi connectivity index (χ0n) is 39.7. The van der Waals surface area contributed by atoms with Crippen LogP contribution in [0, 0.1) is 0 Å². The summed E-state index contributed by atoms with van der Waals surface area (Å²) in [4.78, 5) is 25.7. The lowest BCUT2D eigenvalue weighted by Crippen LogP contribution is -2.61. The second kappa shape index (κ2) is 37.7. The first kappa shape index (κ1) is 58.8. The minimum Gasteiger partial charge on any atom is -0.462 e. The molecule has 2 fully saturated rings. The molecule has 7 N–H and O–H groups in total. The molecule has 4 unspecified atom stereocenters. The number of hydrogen-bond donors (Lipinski definition) is 7. The van der Waals surface area contributed by atoms with Gasteiger partial charge in [0.2, 0.25) is 0 Å². The van der Waals surface area contributed by atoms with Gasteiger partial charge >= 0.3 is 11.9 Å². The van der Waals surface area contributed by atoms with E-state index < -0.39 is 99.3 Å². The second-order valence-electron chi connectivity index (χ2n) is 17.6. The van der Waals surface area contributed by atoms with E-state index in [0.29, 0.717) is 12.8 Å². The summed E-state index contributed by atoms with van der Waals surface area (Å²) in [7, 11) is 0. The summed E-state index contributed by atoms with van der Waals surface area (Å²) in [5.74, 6) is -0.997. The van der Waals surface area contributed by atoms with E-state index >= 15 is 0 Å². The Hall–Kier alpha value is -2.28. The topological polar surface area (TPSA) is 231 Å². The Morgan fingerprint density at radius 2 is 0.969 bits per heavy atom. The van der Waals surface area contributed by atoms with Crippen molar-refractivity contribution in [3.63, 3.8) is 0 Å². The van der Waals surface area contributed by atoms with Crippen molar-refractivity contribution in [1.82, 2.24) is 0 Å². The number of unbranched alkanes of at least 4 members (excludes halogenated alkanes) is 18. The van der Waals surface area contributed by atoms with E-state index in [0.717, 1.165) is 57.8 Å². The number of carbonyl (C=O) groups is 2. The van der Waals surface area contributed by atoms with Gasteiger partial charge in [0.05, 0.1) is 19.8 Å². The quantitative estimate of drug-likeness (QED) is 0.0198. The summed E-state index contributed by atoms with van der Waals surface area (Å²) in [5.41, 5.74) is 0. The van der Waals surface area contributed by atoms with Crippen molar-refractivity contribution in [2.24, 2.45) is 0 Å². The Kier molecular flexibility index (Phi) is 34.1. The lowest BCUT2D eigenvalue weighted by Gasteiger charge is -2.42. The molecule has 378 valence electrons. The summed E-state index contributed by atoms with van der Waals surface area (Å²) in [6.07, 6.45) is 21.9. The number of ether oxygens (including phenoxy) is 6. The molecule has 0 aliphatic carbocycles. The van der Waals surface area contributed by atoms with Crippen LogP contribution in [0.15, 0.2) is 36.5 Å². The van der Waals surface area contributed by atoms with E-state index in [4.69, 9.17) is 28.4 Å². The molecule has 11 atom stereocenters. The first-order valence-corrected chi connectivity index (χ1v) is 25.1. The molecule has 0 bridgehead atoms. The summed E-state index contributed by atoms with van der Waals surface area (Å²) in [6, 6.07) is 0. The van der Waals surface area contributed by atoms with E-state index in [2.05, 4.69) is 44.2 Å². The molecule has 15 nitrogen and oxygen atoms in total. The first-order chi connectivity index (χ1) is 31.5. The van der Waals surface area contributed by atoms with Gasteiger partial charge in [-0.05, 0) is 51.4 Å². The summed E-state index contributed by atoms with van der Waals surface area (Å²) < 4.78 is 33.5. The van der Waals surface area contributed by atoms with Crippen LogP contribution in [0.2, 0.25) is 0 Å². The van der Waals surface area contributed by atoms with Gasteiger partial charge in [0.15, 0.2) is 18.7 Å². The molecule has 2 saturated heterocycles. The number of aliphatic hydroxyl groups excluding tert-OH is 7. The lowest BCUT2D eigenvalue weighted by molar-refractivity contribution is -0.332. The van der Waals surface area contributed by atoms with Gasteiger partial charge in [-0.2, -0.15) is 0 Å². The molecule has 2 rings (SSSR count). The van der Waals surface area contributed by atoms with Crippen molar-refractivity contribution >= 4 is 11.9 Å². The fourth-order valence-corrected chi connectivity index (χ4v) is 7.66. The maximum absolute atomic E-state index is 13.0. The van der Waals surface area contributed by atoms with E-state index in [1.165, 1.54) is 77.0 Å². The van der Waals surface area contributed by atoms with Gasteiger partial charge in [-0.1, -0.05) is 147 Å². The van der Waals surface area contributed by atoms with Crippen molar-refractivity contribution in [3.8, 4) is 0 Å². The van der Waals surface area contributed by atoms with E-state index in [9.17, 15) is 45.3 Å². The molecule has 0 radical (unpaired) electrons. The Morgan fingerprint density at radius 1 is 0.492 bits per heavy atom. The number of carbonyl (C=O) groups excluding carboxylic acids is 2. The van der Waals surface area contributed by atoms with Gasteiger partial charge in [0.25, 0.3) is 0 Å². The Morgan fingerprint density at radius 3 is 1.55 bits per heavy atom. The highest BCUT2D eigenvalue weighted by atomic mass is 16.7. The third-order valence-electron chi connectivity index (χ3n) is 11.9. The van der Waals surface area contributed by atoms with Crippen LogP contribution in [-0.4, -0.2) is 142 Å². The Balaban J connectivity index is 1.84. The van der Waals surface area contributed by atoms with Crippen LogP contribution in [0.25, 0.3) is 0 Å². The van der Waals surface area contributed by atoms with Crippen molar-refractivity contribution in [2.45, 2.75) is 242 Å². The second-order valence-corrected chi connectivity index (χ2v) is 17.6. The van der Waals surface area contributed by atoms with Gasteiger partial charge in [-0.3, -0.25) is 9.59 Å². The normalized spacial score (nSPS) is 26.7. The largest absolute Gasteiger partial charge is 0.462 e. The molecule has 0 spiro atoms. The van der Waals surface area contributed by atoms with Crippen molar-refractivity contribution in [2.75, 3.05) is 26.4 Å². The summed E-state index contributed by atoms with van der Waals surface area (Å²) in [5, 5.41) is 72.0. The molecule has 65 heavy (non-hydrogen) atoms. The smallest absolute Gasteiger partial charge is 0.306 e. The fourth-order valence-electron chi connectivity index (χ4n) is 7.66. The molecule has 0 aromatic carbocycles. The maximum Gasteiger partial charge on any atom is 0.306 e. The maximum atomic E-state index is 13.0. The molecule has 15 heteroatoms. The summed E-state index contributed by atoms with van der Waals surface area (Å²) >= 11 is 0. The predicted molar refractivity (Wildman–Crippen MR) is 247 cm³/mol. The average Bonchev–Trinajstić information content (AvgIpc) is 3.30. The van der Waals surface area contributed by atoms with Crippen LogP contribution in [0.4, 0.5) is 0 Å². The molecule has 2 heterocycles. The van der Waals surface area contributed by atoms with Crippen LogP contribution < -0.4 is 0 Å². The van der Waals surface area contributed by atoms with Crippen LogP contribution >= 0.6 is 0 Å². The fraction of sp³-hybridized carbons (Fsp3) is 0.840. The molecule has 2 aliphatic rings. The van der Waals surface area contributed by atoms with Crippen LogP contribution in [0.5, 0.6) is 0 Å². The Bertz CT molecular complexity index is 1280. The third kappa shape index (κ3) is 26.2.